The third-order valence-corrected chi connectivity index (χ3v) is 4.00. The molecule has 2 rings (SSSR count). The van der Waals surface area contributed by atoms with Crippen molar-refractivity contribution in [3.8, 4) is 0 Å². The van der Waals surface area contributed by atoms with Gasteiger partial charge in [-0.25, -0.2) is 0 Å². The Labute approximate surface area is 126 Å². The molecule has 1 fully saturated rings. The Hall–Kier alpha value is -1.73. The molecule has 0 aromatic carbocycles. The van der Waals surface area contributed by atoms with Crippen LogP contribution in [-0.4, -0.2) is 39.7 Å². The van der Waals surface area contributed by atoms with E-state index in [1.165, 1.54) is 23.8 Å². The van der Waals surface area contributed by atoms with Gasteiger partial charge in [0, 0.05) is 18.9 Å². The van der Waals surface area contributed by atoms with E-state index in [1.807, 2.05) is 6.07 Å². The number of ether oxygens (including phenoxy) is 1. The van der Waals surface area contributed by atoms with E-state index in [0.29, 0.717) is 9.23 Å². The Morgan fingerprint density at radius 3 is 3.05 bits per heavy atom. The van der Waals surface area contributed by atoms with Crippen molar-refractivity contribution >= 4 is 46.3 Å². The number of thioether (sulfide) groups is 1. The highest BCUT2D eigenvalue weighted by atomic mass is 32.2. The number of esters is 1. The molecule has 0 unspecified atom stereocenters. The van der Waals surface area contributed by atoms with Gasteiger partial charge in [0.05, 0.1) is 18.4 Å². The fourth-order valence-electron chi connectivity index (χ4n) is 1.61. The predicted octanol–water partition coefficient (Wildman–Crippen LogP) is 1.85. The van der Waals surface area contributed by atoms with Crippen molar-refractivity contribution in [2.24, 2.45) is 0 Å². The summed E-state index contributed by atoms with van der Waals surface area (Å²) in [4.78, 5) is 29.3. The van der Waals surface area contributed by atoms with Crippen molar-refractivity contribution < 1.29 is 14.3 Å². The Balaban J connectivity index is 2.09. The number of amides is 1. The summed E-state index contributed by atoms with van der Waals surface area (Å²) in [6.45, 7) is 0.238. The molecular formula is C13H12N2O3S2. The third-order valence-electron chi connectivity index (χ3n) is 2.62. The molecule has 0 bridgehead atoms. The zero-order valence-corrected chi connectivity index (χ0v) is 12.4. The number of thiocarbonyl (C=S) groups is 1. The second-order valence-electron chi connectivity index (χ2n) is 3.95. The van der Waals surface area contributed by atoms with E-state index in [1.54, 1.807) is 24.5 Å². The highest BCUT2D eigenvalue weighted by Crippen LogP contribution is 2.32. The van der Waals surface area contributed by atoms with Crippen molar-refractivity contribution in [2.45, 2.75) is 6.42 Å². The second kappa shape index (κ2) is 6.62. The van der Waals surface area contributed by atoms with Crippen LogP contribution < -0.4 is 0 Å². The first-order valence-electron chi connectivity index (χ1n) is 5.84. The van der Waals surface area contributed by atoms with Crippen molar-refractivity contribution in [3.63, 3.8) is 0 Å². The first-order valence-corrected chi connectivity index (χ1v) is 7.06. The molecule has 0 aliphatic carbocycles. The van der Waals surface area contributed by atoms with Crippen LogP contribution in [0.25, 0.3) is 6.08 Å². The van der Waals surface area contributed by atoms with Gasteiger partial charge in [-0.2, -0.15) is 0 Å². The molecule has 1 aliphatic heterocycles. The SMILES string of the molecule is COC(=O)CCN1C(=O)/C(=C\c2cccnc2)SC1=S. The smallest absolute Gasteiger partial charge is 0.307 e. The van der Waals surface area contributed by atoms with Crippen LogP contribution in [0, 0.1) is 0 Å². The zero-order valence-electron chi connectivity index (χ0n) is 10.7. The maximum Gasteiger partial charge on any atom is 0.307 e. The maximum atomic E-state index is 12.2. The van der Waals surface area contributed by atoms with Crippen LogP contribution in [0.1, 0.15) is 12.0 Å². The van der Waals surface area contributed by atoms with Crippen LogP contribution in [0.4, 0.5) is 0 Å². The van der Waals surface area contributed by atoms with Gasteiger partial charge >= 0.3 is 5.97 Å². The van der Waals surface area contributed by atoms with Crippen molar-refractivity contribution in [3.05, 3.63) is 35.0 Å². The molecule has 0 atom stereocenters. The van der Waals surface area contributed by atoms with Crippen LogP contribution in [0.5, 0.6) is 0 Å². The minimum absolute atomic E-state index is 0.128. The van der Waals surface area contributed by atoms with Crippen molar-refractivity contribution in [2.75, 3.05) is 13.7 Å². The summed E-state index contributed by atoms with van der Waals surface area (Å²) in [6, 6.07) is 3.65. The molecule has 1 amide bonds. The van der Waals surface area contributed by atoms with Gasteiger partial charge in [-0.05, 0) is 17.7 Å². The fraction of sp³-hybridized carbons (Fsp3) is 0.231. The second-order valence-corrected chi connectivity index (χ2v) is 5.62. The normalized spacial score (nSPS) is 16.9. The lowest BCUT2D eigenvalue weighted by atomic mass is 10.2. The van der Waals surface area contributed by atoms with Crippen molar-refractivity contribution in [1.29, 1.82) is 0 Å². The van der Waals surface area contributed by atoms with Crippen molar-refractivity contribution in [1.82, 2.24) is 9.88 Å². The molecule has 1 aliphatic rings. The first kappa shape index (κ1) is 14.7. The summed E-state index contributed by atoms with van der Waals surface area (Å²) in [7, 11) is 1.31. The quantitative estimate of drug-likeness (QED) is 0.480. The van der Waals surface area contributed by atoms with Gasteiger partial charge in [0.2, 0.25) is 0 Å². The Morgan fingerprint density at radius 2 is 2.40 bits per heavy atom. The molecule has 20 heavy (non-hydrogen) atoms. The molecule has 1 aromatic heterocycles. The molecule has 0 spiro atoms. The monoisotopic (exact) mass is 308 g/mol. The summed E-state index contributed by atoms with van der Waals surface area (Å²) in [5, 5.41) is 0. The first-order chi connectivity index (χ1) is 9.61. The average Bonchev–Trinajstić information content (AvgIpc) is 2.72. The number of rotatable bonds is 4. The molecule has 1 saturated heterocycles. The number of aromatic nitrogens is 1. The number of methoxy groups -OCH3 is 1. The highest BCUT2D eigenvalue weighted by molar-refractivity contribution is 8.26. The number of carbonyl (C=O) groups excluding carboxylic acids is 2. The number of hydrogen-bond acceptors (Lipinski definition) is 6. The lowest BCUT2D eigenvalue weighted by molar-refractivity contribution is -0.140. The highest BCUT2D eigenvalue weighted by Gasteiger charge is 2.32. The molecule has 2 heterocycles. The summed E-state index contributed by atoms with van der Waals surface area (Å²) in [5.74, 6) is -0.553. The Kier molecular flexibility index (Phi) is 4.86. The lowest BCUT2D eigenvalue weighted by Crippen LogP contribution is -2.30. The Bertz CT molecular complexity index is 572. The summed E-state index contributed by atoms with van der Waals surface area (Å²) < 4.78 is 5.01. The van der Waals surface area contributed by atoms with E-state index in [4.69, 9.17) is 12.2 Å². The van der Waals surface area contributed by atoms with Gasteiger partial charge in [0.15, 0.2) is 0 Å². The van der Waals surface area contributed by atoms with Gasteiger partial charge < -0.3 is 4.74 Å². The van der Waals surface area contributed by atoms with Crippen LogP contribution in [0.15, 0.2) is 29.4 Å². The van der Waals surface area contributed by atoms with E-state index < -0.39 is 0 Å². The molecular weight excluding hydrogens is 296 g/mol. The molecule has 104 valence electrons. The maximum absolute atomic E-state index is 12.2. The number of nitrogens with zero attached hydrogens (tertiary/aromatic N) is 2. The molecule has 0 N–H and O–H groups in total. The minimum atomic E-state index is -0.365. The predicted molar refractivity (Wildman–Crippen MR) is 80.7 cm³/mol. The van der Waals surface area contributed by atoms with Gasteiger partial charge in [-0.15, -0.1) is 0 Å². The van der Waals surface area contributed by atoms with Crippen LogP contribution in [-0.2, 0) is 14.3 Å². The number of hydrogen-bond donors (Lipinski definition) is 0. The number of carbonyl (C=O) groups is 2. The minimum Gasteiger partial charge on any atom is -0.469 e. The van der Waals surface area contributed by atoms with Crippen LogP contribution in [0.2, 0.25) is 0 Å². The molecule has 0 saturated carbocycles. The van der Waals surface area contributed by atoms with E-state index in [-0.39, 0.29) is 24.8 Å². The van der Waals surface area contributed by atoms with E-state index in [9.17, 15) is 9.59 Å². The van der Waals surface area contributed by atoms with E-state index in [2.05, 4.69) is 9.72 Å². The topological polar surface area (TPSA) is 59.5 Å². The van der Waals surface area contributed by atoms with E-state index >= 15 is 0 Å². The van der Waals surface area contributed by atoms with Gasteiger partial charge in [0.25, 0.3) is 5.91 Å². The van der Waals surface area contributed by atoms with Gasteiger partial charge in [-0.3, -0.25) is 19.5 Å². The van der Waals surface area contributed by atoms with Gasteiger partial charge in [-0.1, -0.05) is 30.0 Å². The number of pyridine rings is 1. The standard InChI is InChI=1S/C13H12N2O3S2/c1-18-11(16)4-6-15-12(17)10(20-13(15)19)7-9-3-2-5-14-8-9/h2-3,5,7-8H,4,6H2,1H3/b10-7+. The zero-order chi connectivity index (χ0) is 14.5. The largest absolute Gasteiger partial charge is 0.469 e. The average molecular weight is 308 g/mol. The summed E-state index contributed by atoms with van der Waals surface area (Å²) in [6.07, 6.45) is 5.20. The summed E-state index contributed by atoms with van der Waals surface area (Å²) >= 11 is 6.38. The summed E-state index contributed by atoms with van der Waals surface area (Å²) in [5.41, 5.74) is 0.834. The lowest BCUT2D eigenvalue weighted by Gasteiger charge is -2.12. The molecule has 0 radical (unpaired) electrons. The molecule has 1 aromatic rings. The van der Waals surface area contributed by atoms with E-state index in [0.717, 1.165) is 5.56 Å². The van der Waals surface area contributed by atoms with Crippen LogP contribution in [0.3, 0.4) is 0 Å². The Morgan fingerprint density at radius 1 is 1.60 bits per heavy atom. The van der Waals surface area contributed by atoms with Crippen LogP contribution >= 0.6 is 24.0 Å². The molecule has 5 nitrogen and oxygen atoms in total. The fourth-order valence-corrected chi connectivity index (χ4v) is 2.92. The van der Waals surface area contributed by atoms with Gasteiger partial charge in [0.1, 0.15) is 4.32 Å². The third kappa shape index (κ3) is 3.43. The molecule has 7 heteroatoms.